The Bertz CT molecular complexity index is 1880. The van der Waals surface area contributed by atoms with Crippen molar-refractivity contribution in [2.45, 2.75) is 61.4 Å². The van der Waals surface area contributed by atoms with Crippen molar-refractivity contribution in [3.05, 3.63) is 77.1 Å². The van der Waals surface area contributed by atoms with E-state index >= 15 is 0 Å². The summed E-state index contributed by atoms with van der Waals surface area (Å²) in [6.45, 7) is -1.15. The van der Waals surface area contributed by atoms with E-state index in [2.05, 4.69) is 0 Å². The molecule has 0 bridgehead atoms. The number of aliphatic hydroxyl groups is 5. The van der Waals surface area contributed by atoms with Gasteiger partial charge in [-0.2, -0.15) is 0 Å². The van der Waals surface area contributed by atoms with Gasteiger partial charge in [-0.3, -0.25) is 0 Å². The summed E-state index contributed by atoms with van der Waals surface area (Å²) < 4.78 is 34.5. The standard InChI is InChI=1S/C35H36O18/c36-16-9-20(39)17-11-25(32(50-24(17)10-16)15-3-5-19(38)22(41)8-15)51-35-33(53-34-31(47)28(44)23(42)12-49-34)30(46)29(45)26(52-35)13-48-27(43)6-2-14-1-4-18(37)21(40)7-14/h1-11,23,26,28-42,44-47H,12-13H2/b6-2-/t23-,26+,28-,29+,30-,31-,32?,33+,34-,35+/m0/s1. The van der Waals surface area contributed by atoms with Gasteiger partial charge in [-0.05, 0) is 42.0 Å². The van der Waals surface area contributed by atoms with Crippen molar-refractivity contribution in [3.63, 3.8) is 0 Å². The van der Waals surface area contributed by atoms with Gasteiger partial charge in [0.1, 0.15) is 66.2 Å². The molecule has 0 radical (unpaired) electrons. The molecule has 10 atom stereocenters. The largest absolute Gasteiger partial charge is 0.508 e. The van der Waals surface area contributed by atoms with Crippen LogP contribution in [0.25, 0.3) is 12.2 Å². The molecule has 3 aliphatic heterocycles. The molecule has 3 heterocycles. The highest BCUT2D eigenvalue weighted by Crippen LogP contribution is 2.45. The predicted molar refractivity (Wildman–Crippen MR) is 175 cm³/mol. The van der Waals surface area contributed by atoms with E-state index in [1.165, 1.54) is 42.5 Å². The number of carbonyl (C=O) groups excluding carboxylic acids is 1. The van der Waals surface area contributed by atoms with Gasteiger partial charge in [0, 0.05) is 23.8 Å². The minimum Gasteiger partial charge on any atom is -0.508 e. The van der Waals surface area contributed by atoms with Crippen LogP contribution >= 0.6 is 0 Å². The Balaban J connectivity index is 1.30. The van der Waals surface area contributed by atoms with Crippen molar-refractivity contribution >= 4 is 18.1 Å². The molecular formula is C35H36O18. The quantitative estimate of drug-likeness (QED) is 0.0777. The van der Waals surface area contributed by atoms with Gasteiger partial charge >= 0.3 is 5.97 Å². The van der Waals surface area contributed by atoms with E-state index in [-0.39, 0.29) is 34.1 Å². The SMILES string of the molecule is O=C(/C=C\c1ccc(O)c(O)c1)OC[C@H]1O[C@@H](OC2=Cc3c(O)cc(O)cc3OC2c2ccc(O)c(O)c2)[C@H](O[C@@H]2OC[C@H](O)[C@H](O)[C@@H]2O)[C@@H](O)[C@@H]1O. The number of fused-ring (bicyclic) bond motifs is 1. The van der Waals surface area contributed by atoms with E-state index in [9.17, 15) is 61.0 Å². The summed E-state index contributed by atoms with van der Waals surface area (Å²) in [5, 5.41) is 113. The van der Waals surface area contributed by atoms with Crippen LogP contribution in [0.4, 0.5) is 0 Å². The number of benzene rings is 3. The zero-order valence-corrected chi connectivity index (χ0v) is 27.3. The highest BCUT2D eigenvalue weighted by molar-refractivity contribution is 5.87. The molecule has 3 aliphatic rings. The van der Waals surface area contributed by atoms with Gasteiger partial charge in [-0.25, -0.2) is 4.79 Å². The van der Waals surface area contributed by atoms with E-state index < -0.39 is 104 Å². The van der Waals surface area contributed by atoms with Crippen LogP contribution in [0.1, 0.15) is 22.8 Å². The monoisotopic (exact) mass is 744 g/mol. The molecule has 6 rings (SSSR count). The van der Waals surface area contributed by atoms with Crippen LogP contribution in [0.15, 0.2) is 60.4 Å². The second-order valence-electron chi connectivity index (χ2n) is 12.4. The molecule has 2 saturated heterocycles. The molecule has 11 N–H and O–H groups in total. The molecule has 0 aliphatic carbocycles. The van der Waals surface area contributed by atoms with Gasteiger partial charge in [0.15, 0.2) is 41.5 Å². The second-order valence-corrected chi connectivity index (χ2v) is 12.4. The third-order valence-corrected chi connectivity index (χ3v) is 8.64. The molecule has 2 fully saturated rings. The van der Waals surface area contributed by atoms with Crippen LogP contribution in [0, 0.1) is 0 Å². The van der Waals surface area contributed by atoms with Crippen molar-refractivity contribution < 1.29 is 89.4 Å². The molecule has 3 aromatic carbocycles. The minimum atomic E-state index is -1.92. The van der Waals surface area contributed by atoms with Crippen molar-refractivity contribution in [3.8, 4) is 40.2 Å². The van der Waals surface area contributed by atoms with Gasteiger partial charge in [-0.1, -0.05) is 12.1 Å². The summed E-state index contributed by atoms with van der Waals surface area (Å²) in [4.78, 5) is 12.6. The Morgan fingerprint density at radius 3 is 2.21 bits per heavy atom. The molecule has 18 heteroatoms. The van der Waals surface area contributed by atoms with Crippen molar-refractivity contribution in [1.29, 1.82) is 0 Å². The first-order valence-electron chi connectivity index (χ1n) is 16.0. The summed E-state index contributed by atoms with van der Waals surface area (Å²) in [7, 11) is 0. The van der Waals surface area contributed by atoms with Crippen molar-refractivity contribution in [1.82, 2.24) is 0 Å². The first-order chi connectivity index (χ1) is 25.2. The zero-order valence-electron chi connectivity index (χ0n) is 27.3. The number of hydrogen-bond acceptors (Lipinski definition) is 18. The summed E-state index contributed by atoms with van der Waals surface area (Å²) in [6.07, 6.45) is -13.3. The molecule has 0 saturated carbocycles. The Kier molecular flexibility index (Phi) is 10.8. The summed E-state index contributed by atoms with van der Waals surface area (Å²) in [5.74, 6) is -3.71. The zero-order chi connectivity index (χ0) is 38.1. The van der Waals surface area contributed by atoms with Gasteiger partial charge in [-0.15, -0.1) is 0 Å². The molecule has 0 aromatic heterocycles. The van der Waals surface area contributed by atoms with Gasteiger partial charge < -0.3 is 84.6 Å². The minimum absolute atomic E-state index is 0.0214. The highest BCUT2D eigenvalue weighted by atomic mass is 16.8. The predicted octanol–water partition coefficient (Wildman–Crippen LogP) is -0.0611. The lowest BCUT2D eigenvalue weighted by Gasteiger charge is -2.45. The van der Waals surface area contributed by atoms with Gasteiger partial charge in [0.05, 0.1) is 12.2 Å². The van der Waals surface area contributed by atoms with Crippen molar-refractivity contribution in [2.75, 3.05) is 13.2 Å². The Labute approximate surface area is 299 Å². The lowest BCUT2D eigenvalue weighted by atomic mass is 9.97. The maximum absolute atomic E-state index is 12.6. The average Bonchev–Trinajstić information content (AvgIpc) is 3.12. The topological polar surface area (TPSA) is 295 Å². The smallest absolute Gasteiger partial charge is 0.330 e. The Hall–Kier alpha value is -5.31. The number of aromatic hydroxyl groups is 6. The van der Waals surface area contributed by atoms with Crippen LogP contribution in [-0.2, 0) is 28.5 Å². The first-order valence-corrected chi connectivity index (χ1v) is 16.0. The van der Waals surface area contributed by atoms with Gasteiger partial charge in [0.25, 0.3) is 0 Å². The third kappa shape index (κ3) is 8.04. The van der Waals surface area contributed by atoms with Crippen LogP contribution < -0.4 is 4.74 Å². The number of phenolic OH excluding ortho intramolecular Hbond substituents is 6. The van der Waals surface area contributed by atoms with Gasteiger partial charge in [0.2, 0.25) is 6.29 Å². The molecule has 53 heavy (non-hydrogen) atoms. The number of hydrogen-bond donors (Lipinski definition) is 11. The number of phenols is 6. The molecule has 3 aromatic rings. The molecule has 1 unspecified atom stereocenters. The van der Waals surface area contributed by atoms with E-state index in [0.717, 1.165) is 24.3 Å². The number of aliphatic hydroxyl groups excluding tert-OH is 5. The Morgan fingerprint density at radius 2 is 1.49 bits per heavy atom. The molecule has 0 spiro atoms. The third-order valence-electron chi connectivity index (χ3n) is 8.64. The number of carbonyl (C=O) groups is 1. The molecule has 18 nitrogen and oxygen atoms in total. The summed E-state index contributed by atoms with van der Waals surface area (Å²) in [5.41, 5.74) is 0.534. The lowest BCUT2D eigenvalue weighted by molar-refractivity contribution is -0.352. The molecular weight excluding hydrogens is 708 g/mol. The van der Waals surface area contributed by atoms with Crippen LogP contribution in [-0.4, -0.2) is 131 Å². The Morgan fingerprint density at radius 1 is 0.774 bits per heavy atom. The summed E-state index contributed by atoms with van der Waals surface area (Å²) >= 11 is 0. The van der Waals surface area contributed by atoms with E-state index in [1.54, 1.807) is 0 Å². The highest BCUT2D eigenvalue weighted by Gasteiger charge is 2.51. The maximum Gasteiger partial charge on any atom is 0.330 e. The molecule has 284 valence electrons. The van der Waals surface area contributed by atoms with Crippen LogP contribution in [0.5, 0.6) is 40.2 Å². The number of rotatable bonds is 9. The van der Waals surface area contributed by atoms with Crippen LogP contribution in [0.2, 0.25) is 0 Å². The van der Waals surface area contributed by atoms with Crippen molar-refractivity contribution in [2.24, 2.45) is 0 Å². The fourth-order valence-electron chi connectivity index (χ4n) is 5.77. The lowest BCUT2D eigenvalue weighted by Crippen LogP contribution is -2.63. The number of ether oxygens (including phenoxy) is 6. The number of esters is 1. The fraction of sp³-hybridized carbons (Fsp3) is 0.343. The molecule has 0 amide bonds. The summed E-state index contributed by atoms with van der Waals surface area (Å²) in [6, 6.07) is 9.71. The maximum atomic E-state index is 12.6. The van der Waals surface area contributed by atoms with Crippen LogP contribution in [0.3, 0.4) is 0 Å². The normalized spacial score (nSPS) is 29.9. The van der Waals surface area contributed by atoms with E-state index in [4.69, 9.17) is 28.4 Å². The fourth-order valence-corrected chi connectivity index (χ4v) is 5.77. The second kappa shape index (κ2) is 15.3. The van der Waals surface area contributed by atoms with E-state index in [0.29, 0.717) is 5.56 Å². The van der Waals surface area contributed by atoms with E-state index in [1.807, 2.05) is 0 Å². The average molecular weight is 745 g/mol. The first kappa shape index (κ1) is 37.4.